The zero-order valence-corrected chi connectivity index (χ0v) is 10.2. The highest BCUT2D eigenvalue weighted by Gasteiger charge is 2.25. The number of rotatable bonds is 4. The van der Waals surface area contributed by atoms with Crippen LogP contribution in [0.25, 0.3) is 0 Å². The van der Waals surface area contributed by atoms with Gasteiger partial charge in [-0.3, -0.25) is 0 Å². The maximum atomic E-state index is 13.3. The van der Waals surface area contributed by atoms with Crippen LogP contribution in [0.15, 0.2) is 18.2 Å². The SMILES string of the molecule is BC(CC)(CCC)c1cc(F)ccc1C. The Morgan fingerprint density at radius 3 is 2.53 bits per heavy atom. The van der Waals surface area contributed by atoms with Crippen LogP contribution in [-0.4, -0.2) is 7.85 Å². The first kappa shape index (κ1) is 12.3. The van der Waals surface area contributed by atoms with Gasteiger partial charge in [-0.15, -0.1) is 0 Å². The molecule has 1 rings (SSSR count). The lowest BCUT2D eigenvalue weighted by Gasteiger charge is -2.30. The van der Waals surface area contributed by atoms with Gasteiger partial charge in [-0.25, -0.2) is 4.39 Å². The van der Waals surface area contributed by atoms with Crippen molar-refractivity contribution >= 4 is 7.85 Å². The van der Waals surface area contributed by atoms with E-state index in [2.05, 4.69) is 28.6 Å². The van der Waals surface area contributed by atoms with Gasteiger partial charge < -0.3 is 0 Å². The van der Waals surface area contributed by atoms with E-state index in [1.165, 1.54) is 11.1 Å². The van der Waals surface area contributed by atoms with Crippen LogP contribution in [0.2, 0.25) is 0 Å². The molecule has 0 spiro atoms. The molecule has 82 valence electrons. The lowest BCUT2D eigenvalue weighted by molar-refractivity contribution is 0.519. The molecule has 0 amide bonds. The summed E-state index contributed by atoms with van der Waals surface area (Å²) in [5, 5.41) is 0.126. The summed E-state index contributed by atoms with van der Waals surface area (Å²) in [6.07, 6.45) is 3.32. The number of hydrogen-bond donors (Lipinski definition) is 0. The summed E-state index contributed by atoms with van der Waals surface area (Å²) in [5.74, 6) is -0.119. The van der Waals surface area contributed by atoms with E-state index in [9.17, 15) is 4.39 Å². The lowest BCUT2D eigenvalue weighted by Crippen LogP contribution is -2.26. The Balaban J connectivity index is 3.16. The van der Waals surface area contributed by atoms with Crippen LogP contribution in [0.5, 0.6) is 0 Å². The van der Waals surface area contributed by atoms with Crippen LogP contribution in [0.4, 0.5) is 4.39 Å². The minimum absolute atomic E-state index is 0.119. The van der Waals surface area contributed by atoms with Crippen molar-refractivity contribution in [2.75, 3.05) is 0 Å². The molecule has 0 aliphatic rings. The highest BCUT2D eigenvalue weighted by atomic mass is 19.1. The summed E-state index contributed by atoms with van der Waals surface area (Å²) in [6, 6.07) is 5.13. The third-order valence-electron chi connectivity index (χ3n) is 3.43. The molecule has 0 aliphatic carbocycles. The van der Waals surface area contributed by atoms with Gasteiger partial charge in [-0.05, 0) is 35.5 Å². The topological polar surface area (TPSA) is 0 Å². The molecule has 0 bridgehead atoms. The summed E-state index contributed by atoms with van der Waals surface area (Å²) < 4.78 is 13.3. The fourth-order valence-electron chi connectivity index (χ4n) is 2.30. The Morgan fingerprint density at radius 2 is 2.00 bits per heavy atom. The highest BCUT2D eigenvalue weighted by Crippen LogP contribution is 2.32. The first-order chi connectivity index (χ1) is 7.03. The lowest BCUT2D eigenvalue weighted by atomic mass is 9.59. The molecule has 1 aromatic rings. The zero-order valence-electron chi connectivity index (χ0n) is 10.2. The van der Waals surface area contributed by atoms with E-state index in [0.29, 0.717) is 0 Å². The maximum Gasteiger partial charge on any atom is 0.123 e. The average molecular weight is 206 g/mol. The fourth-order valence-corrected chi connectivity index (χ4v) is 2.30. The number of halogens is 1. The normalized spacial score (nSPS) is 14.9. The Bertz CT molecular complexity index is 335. The minimum Gasteiger partial charge on any atom is -0.207 e. The monoisotopic (exact) mass is 206 g/mol. The molecule has 0 aromatic heterocycles. The van der Waals surface area contributed by atoms with Crippen molar-refractivity contribution in [3.63, 3.8) is 0 Å². The van der Waals surface area contributed by atoms with E-state index in [1.54, 1.807) is 12.1 Å². The van der Waals surface area contributed by atoms with Crippen molar-refractivity contribution < 1.29 is 4.39 Å². The van der Waals surface area contributed by atoms with Gasteiger partial charge >= 0.3 is 0 Å². The first-order valence-corrected chi connectivity index (χ1v) is 5.80. The number of aryl methyl sites for hydroxylation is 1. The molecule has 0 fully saturated rings. The van der Waals surface area contributed by atoms with Crippen molar-refractivity contribution in [2.45, 2.75) is 45.3 Å². The fraction of sp³-hybridized carbons (Fsp3) is 0.538. The predicted octanol–water partition coefficient (Wildman–Crippen LogP) is 3.17. The van der Waals surface area contributed by atoms with Crippen molar-refractivity contribution in [3.05, 3.63) is 35.1 Å². The molecule has 1 unspecified atom stereocenters. The van der Waals surface area contributed by atoms with E-state index < -0.39 is 0 Å². The third kappa shape index (κ3) is 2.61. The summed E-state index contributed by atoms with van der Waals surface area (Å²) in [5.41, 5.74) is 2.38. The summed E-state index contributed by atoms with van der Waals surface area (Å²) in [4.78, 5) is 0. The van der Waals surface area contributed by atoms with E-state index in [4.69, 9.17) is 0 Å². The standard InChI is InChI=1S/C13H20BF/c1-4-8-13(14,5-2)12-9-11(15)7-6-10(12)3/h6-7,9H,4-5,8,14H2,1-3H3. The van der Waals surface area contributed by atoms with E-state index >= 15 is 0 Å². The molecule has 0 N–H and O–H groups in total. The van der Waals surface area contributed by atoms with Crippen molar-refractivity contribution in [2.24, 2.45) is 0 Å². The van der Waals surface area contributed by atoms with Crippen LogP contribution in [-0.2, 0) is 5.31 Å². The molecule has 2 heteroatoms. The molecule has 0 radical (unpaired) electrons. The Morgan fingerprint density at radius 1 is 1.33 bits per heavy atom. The third-order valence-corrected chi connectivity index (χ3v) is 3.43. The predicted molar refractivity (Wildman–Crippen MR) is 66.6 cm³/mol. The summed E-state index contributed by atoms with van der Waals surface area (Å²) in [7, 11) is 2.23. The van der Waals surface area contributed by atoms with Gasteiger partial charge in [0.25, 0.3) is 0 Å². The van der Waals surface area contributed by atoms with Gasteiger partial charge in [-0.2, -0.15) is 0 Å². The average Bonchev–Trinajstić information content (AvgIpc) is 2.22. The minimum atomic E-state index is -0.119. The molecular formula is C13H20BF. The Labute approximate surface area is 93.3 Å². The molecule has 0 saturated carbocycles. The second-order valence-electron chi connectivity index (χ2n) is 4.62. The number of benzene rings is 1. The van der Waals surface area contributed by atoms with Crippen LogP contribution in [0, 0.1) is 12.7 Å². The molecule has 0 heterocycles. The second kappa shape index (κ2) is 4.83. The van der Waals surface area contributed by atoms with Gasteiger partial charge in [0.1, 0.15) is 13.7 Å². The van der Waals surface area contributed by atoms with Crippen LogP contribution >= 0.6 is 0 Å². The van der Waals surface area contributed by atoms with E-state index in [1.807, 2.05) is 6.07 Å². The molecule has 1 atom stereocenters. The van der Waals surface area contributed by atoms with Crippen LogP contribution in [0.3, 0.4) is 0 Å². The summed E-state index contributed by atoms with van der Waals surface area (Å²) >= 11 is 0. The molecule has 0 nitrogen and oxygen atoms in total. The smallest absolute Gasteiger partial charge is 0.123 e. The quantitative estimate of drug-likeness (QED) is 0.663. The number of hydrogen-bond acceptors (Lipinski definition) is 0. The van der Waals surface area contributed by atoms with Crippen LogP contribution in [0.1, 0.15) is 44.2 Å². The van der Waals surface area contributed by atoms with Gasteiger partial charge in [-0.1, -0.05) is 39.2 Å². The maximum absolute atomic E-state index is 13.3. The second-order valence-corrected chi connectivity index (χ2v) is 4.62. The molecule has 0 aliphatic heterocycles. The van der Waals surface area contributed by atoms with Crippen LogP contribution < -0.4 is 0 Å². The van der Waals surface area contributed by atoms with Crippen molar-refractivity contribution in [1.29, 1.82) is 0 Å². The molecule has 1 aromatic carbocycles. The van der Waals surface area contributed by atoms with Gasteiger partial charge in [0.2, 0.25) is 0 Å². The first-order valence-electron chi connectivity index (χ1n) is 5.80. The summed E-state index contributed by atoms with van der Waals surface area (Å²) in [6.45, 7) is 6.43. The van der Waals surface area contributed by atoms with Crippen molar-refractivity contribution in [1.82, 2.24) is 0 Å². The molecular weight excluding hydrogens is 186 g/mol. The highest BCUT2D eigenvalue weighted by molar-refractivity contribution is 6.16. The van der Waals surface area contributed by atoms with E-state index in [-0.39, 0.29) is 11.1 Å². The van der Waals surface area contributed by atoms with Crippen molar-refractivity contribution in [3.8, 4) is 0 Å². The Kier molecular flexibility index (Phi) is 3.95. The van der Waals surface area contributed by atoms with Gasteiger partial charge in [0, 0.05) is 0 Å². The largest absolute Gasteiger partial charge is 0.207 e. The molecule has 15 heavy (non-hydrogen) atoms. The van der Waals surface area contributed by atoms with E-state index in [0.717, 1.165) is 19.3 Å². The van der Waals surface area contributed by atoms with Gasteiger partial charge in [0.15, 0.2) is 0 Å². The van der Waals surface area contributed by atoms with Gasteiger partial charge in [0.05, 0.1) is 0 Å². The Hall–Kier alpha value is -0.785. The molecule has 0 saturated heterocycles. The zero-order chi connectivity index (χ0) is 11.5.